The van der Waals surface area contributed by atoms with E-state index in [4.69, 9.17) is 4.42 Å². The summed E-state index contributed by atoms with van der Waals surface area (Å²) in [5.74, 6) is 0. The topological polar surface area (TPSA) is 133 Å². The molecule has 18 rings (SSSR count). The lowest BCUT2D eigenvalue weighted by Crippen LogP contribution is -2.10. The zero-order valence-electron chi connectivity index (χ0n) is 53.1. The summed E-state index contributed by atoms with van der Waals surface area (Å²) in [6, 6.07) is 90.8. The van der Waals surface area contributed by atoms with Gasteiger partial charge in [0.25, 0.3) is 0 Å². The minimum Gasteiger partial charge on any atom is -0.455 e. The molecule has 10 heteroatoms. The second-order valence-corrected chi connectivity index (χ2v) is 26.0. The monoisotopic (exact) mass is 1240 g/mol. The van der Waals surface area contributed by atoms with Crippen molar-refractivity contribution in [3.63, 3.8) is 0 Å². The first kappa shape index (κ1) is 56.4. The van der Waals surface area contributed by atoms with Gasteiger partial charge in [-0.25, -0.2) is 0 Å². The SMILES string of the molecule is C=Cc1c(/C=C\Cc2ccc3c(c2)c2ccccc2n3-c2cc(C#N)cc(-n3c4ccc(C(C)(C)C)cc4c4c5oc6ccccc6c5ccc43)c2C#N)c2c3c4ccccc4n(-c4cc(C#N)c(-n5c6ccccc6c6ccccc65)cc4C#N)c3ccc2n1-c1ccccc1. The lowest BCUT2D eigenvalue weighted by molar-refractivity contribution is 0.591. The summed E-state index contributed by atoms with van der Waals surface area (Å²) >= 11 is 0. The maximum Gasteiger partial charge on any atom is 0.145 e. The van der Waals surface area contributed by atoms with Crippen molar-refractivity contribution >= 4 is 132 Å². The fourth-order valence-corrected chi connectivity index (χ4v) is 15.6. The first-order chi connectivity index (χ1) is 47.6. The van der Waals surface area contributed by atoms with Gasteiger partial charge in [-0.05, 0) is 144 Å². The van der Waals surface area contributed by atoms with Crippen LogP contribution in [0.2, 0.25) is 0 Å². The number of furan rings is 1. The van der Waals surface area contributed by atoms with Crippen LogP contribution in [-0.2, 0) is 11.8 Å². The molecule has 0 fully saturated rings. The predicted molar refractivity (Wildman–Crippen MR) is 395 cm³/mol. The van der Waals surface area contributed by atoms with Crippen molar-refractivity contribution in [3.8, 4) is 52.7 Å². The maximum absolute atomic E-state index is 11.7. The van der Waals surface area contributed by atoms with Crippen LogP contribution in [0, 0.1) is 45.3 Å². The van der Waals surface area contributed by atoms with Crippen LogP contribution in [0.3, 0.4) is 0 Å². The number of aromatic nitrogens is 5. The van der Waals surface area contributed by atoms with E-state index < -0.39 is 0 Å². The van der Waals surface area contributed by atoms with Crippen molar-refractivity contribution < 1.29 is 4.42 Å². The third-order valence-electron chi connectivity index (χ3n) is 19.8. The summed E-state index contributed by atoms with van der Waals surface area (Å²) in [5, 5.41) is 56.2. The Morgan fingerprint density at radius 2 is 0.897 bits per heavy atom. The minimum atomic E-state index is -0.149. The highest BCUT2D eigenvalue weighted by Crippen LogP contribution is 2.47. The molecule has 0 bridgehead atoms. The Labute approximate surface area is 556 Å². The molecule has 0 spiro atoms. The van der Waals surface area contributed by atoms with Crippen LogP contribution in [0.4, 0.5) is 0 Å². The molecular formula is C87H55N9O. The molecule has 97 heavy (non-hydrogen) atoms. The molecule has 12 aromatic carbocycles. The molecular weight excluding hydrogens is 1190 g/mol. The summed E-state index contributed by atoms with van der Waals surface area (Å²) in [4.78, 5) is 0. The number of hydrogen-bond acceptors (Lipinski definition) is 5. The Morgan fingerprint density at radius 3 is 1.52 bits per heavy atom. The zero-order chi connectivity index (χ0) is 65.5. The molecule has 0 N–H and O–H groups in total. The smallest absolute Gasteiger partial charge is 0.145 e. The van der Waals surface area contributed by atoms with Crippen molar-refractivity contribution in [2.45, 2.75) is 32.6 Å². The van der Waals surface area contributed by atoms with Gasteiger partial charge in [0.2, 0.25) is 0 Å². The van der Waals surface area contributed by atoms with E-state index in [1.54, 1.807) is 0 Å². The minimum absolute atomic E-state index is 0.149. The first-order valence-corrected chi connectivity index (χ1v) is 32.4. The maximum atomic E-state index is 11.7. The van der Waals surface area contributed by atoms with Gasteiger partial charge >= 0.3 is 0 Å². The molecule has 10 nitrogen and oxygen atoms in total. The molecule has 0 saturated carbocycles. The van der Waals surface area contributed by atoms with Gasteiger partial charge in [0.15, 0.2) is 0 Å². The average molecular weight is 1240 g/mol. The molecule has 6 aromatic heterocycles. The Hall–Kier alpha value is -13.4. The fraction of sp³-hybridized carbons (Fsp3) is 0.0575. The number of nitrogens with zero attached hydrogens (tertiary/aromatic N) is 9. The van der Waals surface area contributed by atoms with Crippen molar-refractivity contribution in [1.29, 1.82) is 21.0 Å². The summed E-state index contributed by atoms with van der Waals surface area (Å²) in [6.45, 7) is 11.1. The summed E-state index contributed by atoms with van der Waals surface area (Å²) < 4.78 is 17.6. The van der Waals surface area contributed by atoms with Gasteiger partial charge in [-0.1, -0.05) is 161 Å². The number of nitriles is 4. The molecule has 0 unspecified atom stereocenters. The number of allylic oxidation sites excluding steroid dienone is 1. The molecule has 0 aliphatic carbocycles. The third-order valence-corrected chi connectivity index (χ3v) is 19.8. The fourth-order valence-electron chi connectivity index (χ4n) is 15.6. The van der Waals surface area contributed by atoms with Gasteiger partial charge in [0.05, 0.1) is 106 Å². The zero-order valence-corrected chi connectivity index (χ0v) is 53.1. The highest BCUT2D eigenvalue weighted by molar-refractivity contribution is 6.26. The molecule has 6 heterocycles. The van der Waals surface area contributed by atoms with Gasteiger partial charge in [-0.15, -0.1) is 0 Å². The van der Waals surface area contributed by atoms with E-state index in [-0.39, 0.29) is 5.41 Å². The first-order valence-electron chi connectivity index (χ1n) is 32.4. The number of rotatable bonds is 9. The van der Waals surface area contributed by atoms with Gasteiger partial charge < -0.3 is 27.3 Å². The molecule has 0 aliphatic rings. The lowest BCUT2D eigenvalue weighted by atomic mass is 9.86. The van der Waals surface area contributed by atoms with Crippen LogP contribution in [0.25, 0.3) is 161 Å². The second-order valence-electron chi connectivity index (χ2n) is 26.0. The second kappa shape index (κ2) is 21.3. The van der Waals surface area contributed by atoms with Crippen LogP contribution in [0.1, 0.15) is 65.4 Å². The van der Waals surface area contributed by atoms with Crippen LogP contribution in [0.5, 0.6) is 0 Å². The molecule has 0 saturated heterocycles. The molecule has 0 radical (unpaired) electrons. The highest BCUT2D eigenvalue weighted by atomic mass is 16.3. The van der Waals surface area contributed by atoms with Crippen molar-refractivity contribution in [2.75, 3.05) is 0 Å². The quantitative estimate of drug-likeness (QED) is 0.142. The van der Waals surface area contributed by atoms with Gasteiger partial charge in [-0.2, -0.15) is 21.0 Å². The largest absolute Gasteiger partial charge is 0.455 e. The third kappa shape index (κ3) is 8.22. The number of hydrogen-bond donors (Lipinski definition) is 0. The highest BCUT2D eigenvalue weighted by Gasteiger charge is 2.28. The van der Waals surface area contributed by atoms with Crippen LogP contribution < -0.4 is 0 Å². The van der Waals surface area contributed by atoms with E-state index in [0.717, 1.165) is 143 Å². The average Bonchev–Trinajstić information content (AvgIpc) is 1.59. The van der Waals surface area contributed by atoms with E-state index in [1.807, 2.05) is 109 Å². The number of para-hydroxylation sites is 6. The van der Waals surface area contributed by atoms with Gasteiger partial charge in [0, 0.05) is 65.1 Å². The number of benzene rings is 12. The number of fused-ring (bicyclic) bond motifs is 18. The Kier molecular flexibility index (Phi) is 12.4. The van der Waals surface area contributed by atoms with Crippen molar-refractivity contribution in [2.24, 2.45) is 0 Å². The van der Waals surface area contributed by atoms with E-state index in [1.165, 1.54) is 5.56 Å². The predicted octanol–water partition coefficient (Wildman–Crippen LogP) is 21.6. The summed E-state index contributed by atoms with van der Waals surface area (Å²) in [5.41, 5.74) is 19.0. The van der Waals surface area contributed by atoms with E-state index in [2.05, 4.69) is 220 Å². The van der Waals surface area contributed by atoms with Crippen LogP contribution in [0.15, 0.2) is 254 Å². The van der Waals surface area contributed by atoms with E-state index in [0.29, 0.717) is 51.4 Å². The normalized spacial score (nSPS) is 12.1. The molecule has 0 aliphatic heterocycles. The summed E-state index contributed by atoms with van der Waals surface area (Å²) in [6.07, 6.45) is 6.95. The molecule has 0 atom stereocenters. The van der Waals surface area contributed by atoms with Gasteiger partial charge in [0.1, 0.15) is 34.9 Å². The van der Waals surface area contributed by atoms with Crippen LogP contribution >= 0.6 is 0 Å². The van der Waals surface area contributed by atoms with Crippen molar-refractivity contribution in [1.82, 2.24) is 22.8 Å². The molecule has 454 valence electrons. The Morgan fingerprint density at radius 1 is 0.402 bits per heavy atom. The van der Waals surface area contributed by atoms with Crippen molar-refractivity contribution in [3.05, 3.63) is 294 Å². The van der Waals surface area contributed by atoms with Gasteiger partial charge in [-0.3, -0.25) is 0 Å². The standard InChI is InChI=1S/C87H55N9O/c1-5-68-63(83-75(92(68)57-21-7-6-8-22-57)40-41-76-84(83)64-27-12-17-32-72(64)95(76)79-46-54(49-89)78(45-55(79)50-90)93-69-29-14-9-23-58(69)59-24-10-15-30-70(59)93)28-19-20-52-34-37-73-65(42-52)60-25-11-16-31-71(60)94(73)80-43-53(48-88)44-81(67(80)51-91)96-74-38-35-56(87(2,3)4)47-66(74)85-77(96)39-36-62-61-26-13-18-33-82(61)97-86(62)85/h5-19,21-47H,1,20H2,2-4H3/b28-19-. The van der Waals surface area contributed by atoms with Crippen LogP contribution in [-0.4, -0.2) is 22.8 Å². The summed E-state index contributed by atoms with van der Waals surface area (Å²) in [7, 11) is 0. The Balaban J connectivity index is 0.790. The lowest BCUT2D eigenvalue weighted by Gasteiger charge is -2.19. The van der Waals surface area contributed by atoms with E-state index >= 15 is 0 Å². The molecule has 18 aromatic rings. The molecule has 0 amide bonds. The Bertz CT molecular complexity index is 6660. The van der Waals surface area contributed by atoms with E-state index in [9.17, 15) is 21.0 Å².